The minimum Gasteiger partial charge on any atom is -0.369 e. The second-order valence-corrected chi connectivity index (χ2v) is 6.48. The minimum absolute atomic E-state index is 0.107. The highest BCUT2D eigenvalue weighted by Gasteiger charge is 2.37. The van der Waals surface area contributed by atoms with Crippen LogP contribution in [0, 0.1) is 5.41 Å². The predicted octanol–water partition coefficient (Wildman–Crippen LogP) is 2.12. The lowest BCUT2D eigenvalue weighted by Gasteiger charge is -2.34. The molecule has 0 spiro atoms. The topological polar surface area (TPSA) is 46.3 Å². The molecule has 0 aliphatic heterocycles. The number of rotatable bonds is 7. The van der Waals surface area contributed by atoms with Crippen molar-refractivity contribution in [2.45, 2.75) is 33.1 Å². The zero-order valence-corrected chi connectivity index (χ0v) is 14.2. The average molecular weight is 294 g/mol. The molecule has 3 unspecified atom stereocenters. The number of carbonyl (C=O) groups excluding carboxylic acids is 1. The molecule has 0 radical (unpaired) electrons. The summed E-state index contributed by atoms with van der Waals surface area (Å²) in [5.74, 6) is -0.111. The van der Waals surface area contributed by atoms with Crippen molar-refractivity contribution in [3.63, 3.8) is 0 Å². The molecule has 0 saturated heterocycles. The summed E-state index contributed by atoms with van der Waals surface area (Å²) in [5, 5.41) is 1.15. The first-order valence-corrected chi connectivity index (χ1v) is 7.73. The summed E-state index contributed by atoms with van der Waals surface area (Å²) >= 11 is 0. The highest BCUT2D eigenvalue weighted by molar-refractivity contribution is 7.27. The maximum Gasteiger partial charge on any atom is 0.224 e. The highest BCUT2D eigenvalue weighted by Crippen LogP contribution is 2.38. The maximum atomic E-state index is 12.0. The zero-order chi connectivity index (χ0) is 15.3. The van der Waals surface area contributed by atoms with E-state index in [2.05, 4.69) is 59.3 Å². The number of nitrogens with zero attached hydrogens (tertiary/aromatic N) is 1. The van der Waals surface area contributed by atoms with Gasteiger partial charge in [0.25, 0.3) is 0 Å². The smallest absolute Gasteiger partial charge is 0.224 e. The maximum absolute atomic E-state index is 12.0. The van der Waals surface area contributed by atoms with Crippen LogP contribution < -0.4 is 11.0 Å². The van der Waals surface area contributed by atoms with Gasteiger partial charge in [0.15, 0.2) is 0 Å². The van der Waals surface area contributed by atoms with Crippen LogP contribution in [-0.2, 0) is 4.79 Å². The molecule has 20 heavy (non-hydrogen) atoms. The van der Waals surface area contributed by atoms with Crippen LogP contribution in [0.2, 0.25) is 0 Å². The van der Waals surface area contributed by atoms with Crippen molar-refractivity contribution in [3.8, 4) is 0 Å². The quantitative estimate of drug-likeness (QED) is 0.783. The van der Waals surface area contributed by atoms with Gasteiger partial charge in [-0.05, 0) is 43.3 Å². The third kappa shape index (κ3) is 4.04. The lowest BCUT2D eigenvalue weighted by atomic mass is 9.71. The number of benzene rings is 1. The van der Waals surface area contributed by atoms with E-state index in [9.17, 15) is 4.79 Å². The third-order valence-corrected chi connectivity index (χ3v) is 4.89. The van der Waals surface area contributed by atoms with E-state index in [1.54, 1.807) is 0 Å². The molecule has 112 valence electrons. The number of nitrogens with two attached hydrogens (primary N) is 1. The van der Waals surface area contributed by atoms with Crippen molar-refractivity contribution in [3.05, 3.63) is 29.8 Å². The second kappa shape index (κ2) is 7.19. The van der Waals surface area contributed by atoms with Gasteiger partial charge in [-0.25, -0.2) is 0 Å². The van der Waals surface area contributed by atoms with E-state index in [4.69, 9.17) is 5.73 Å². The first-order valence-electron chi connectivity index (χ1n) is 7.15. The highest BCUT2D eigenvalue weighted by atomic mass is 31.0. The molecule has 3 nitrogen and oxygen atoms in total. The van der Waals surface area contributed by atoms with Crippen LogP contribution in [0.4, 0.5) is 0 Å². The summed E-state index contributed by atoms with van der Waals surface area (Å²) in [6.45, 7) is 8.04. The first kappa shape index (κ1) is 17.1. The van der Waals surface area contributed by atoms with E-state index in [1.165, 1.54) is 0 Å². The Morgan fingerprint density at radius 2 is 1.95 bits per heavy atom. The average Bonchev–Trinajstić information content (AvgIpc) is 2.44. The van der Waals surface area contributed by atoms with E-state index < -0.39 is 5.41 Å². The van der Waals surface area contributed by atoms with Gasteiger partial charge in [-0.15, -0.1) is 9.24 Å². The lowest BCUT2D eigenvalue weighted by molar-refractivity contribution is -0.128. The van der Waals surface area contributed by atoms with Crippen LogP contribution in [0.1, 0.15) is 38.7 Å². The van der Waals surface area contributed by atoms with Crippen LogP contribution in [0.25, 0.3) is 0 Å². The standard InChI is InChI=1S/C16H27N2OP/c1-5-18(4)11-10-16(3,15(17)19)12(2)13-6-8-14(20)9-7-13/h6-9,12H,5,10-11,20H2,1-4H3,(H2,17,19). The molecule has 3 atom stereocenters. The Morgan fingerprint density at radius 1 is 1.40 bits per heavy atom. The summed E-state index contributed by atoms with van der Waals surface area (Å²) < 4.78 is 0. The van der Waals surface area contributed by atoms with Crippen molar-refractivity contribution in [1.82, 2.24) is 4.90 Å². The third-order valence-electron chi connectivity index (χ3n) is 4.51. The van der Waals surface area contributed by atoms with Crippen LogP contribution in [-0.4, -0.2) is 30.9 Å². The van der Waals surface area contributed by atoms with E-state index >= 15 is 0 Å². The molecule has 0 saturated carbocycles. The molecule has 4 heteroatoms. The van der Waals surface area contributed by atoms with Gasteiger partial charge in [0.05, 0.1) is 5.41 Å². The molecule has 1 aromatic carbocycles. The van der Waals surface area contributed by atoms with Gasteiger partial charge >= 0.3 is 0 Å². The summed E-state index contributed by atoms with van der Waals surface area (Å²) in [5.41, 5.74) is 6.35. The SMILES string of the molecule is CCN(C)CCC(C)(C(N)=O)C(C)c1ccc(P)cc1. The molecule has 0 bridgehead atoms. The molecular weight excluding hydrogens is 267 g/mol. The fraction of sp³-hybridized carbons (Fsp3) is 0.562. The van der Waals surface area contributed by atoms with Gasteiger partial charge in [0.1, 0.15) is 0 Å². The minimum atomic E-state index is -0.522. The van der Waals surface area contributed by atoms with E-state index in [0.29, 0.717) is 0 Å². The van der Waals surface area contributed by atoms with Crippen LogP contribution in [0.5, 0.6) is 0 Å². The number of primary amides is 1. The Labute approximate surface area is 125 Å². The van der Waals surface area contributed by atoms with Gasteiger partial charge < -0.3 is 10.6 Å². The predicted molar refractivity (Wildman–Crippen MR) is 89.3 cm³/mol. The molecule has 1 amide bonds. The Bertz CT molecular complexity index is 446. The van der Waals surface area contributed by atoms with Crippen molar-refractivity contribution < 1.29 is 4.79 Å². The lowest BCUT2D eigenvalue weighted by Crippen LogP contribution is -2.41. The number of hydrogen-bond donors (Lipinski definition) is 1. The Hall–Kier alpha value is -0.920. The molecular formula is C16H27N2OP. The molecule has 0 aliphatic carbocycles. The largest absolute Gasteiger partial charge is 0.369 e. The van der Waals surface area contributed by atoms with Crippen LogP contribution in [0.3, 0.4) is 0 Å². The first-order chi connectivity index (χ1) is 9.31. The molecule has 1 aromatic rings. The fourth-order valence-electron chi connectivity index (χ4n) is 2.29. The Kier molecular flexibility index (Phi) is 6.16. The van der Waals surface area contributed by atoms with Crippen LogP contribution >= 0.6 is 9.24 Å². The van der Waals surface area contributed by atoms with Crippen molar-refractivity contribution >= 4 is 20.5 Å². The molecule has 0 aliphatic rings. The summed E-state index contributed by atoms with van der Waals surface area (Å²) in [4.78, 5) is 14.2. The number of hydrogen-bond acceptors (Lipinski definition) is 2. The number of carbonyl (C=O) groups is 1. The number of amides is 1. The van der Waals surface area contributed by atoms with E-state index in [1.807, 2.05) is 6.92 Å². The van der Waals surface area contributed by atoms with Gasteiger partial charge in [0, 0.05) is 0 Å². The van der Waals surface area contributed by atoms with Crippen molar-refractivity contribution in [2.75, 3.05) is 20.1 Å². The second-order valence-electron chi connectivity index (χ2n) is 5.82. The van der Waals surface area contributed by atoms with Crippen molar-refractivity contribution in [1.29, 1.82) is 0 Å². The van der Waals surface area contributed by atoms with Gasteiger partial charge in [-0.1, -0.05) is 45.0 Å². The van der Waals surface area contributed by atoms with Crippen LogP contribution in [0.15, 0.2) is 24.3 Å². The summed E-state index contributed by atoms with van der Waals surface area (Å²) in [7, 11) is 4.74. The molecule has 0 heterocycles. The molecule has 0 fully saturated rings. The molecule has 1 rings (SSSR count). The van der Waals surface area contributed by atoms with Crippen molar-refractivity contribution in [2.24, 2.45) is 11.1 Å². The fourth-order valence-corrected chi connectivity index (χ4v) is 2.48. The van der Waals surface area contributed by atoms with E-state index in [0.717, 1.165) is 30.4 Å². The Morgan fingerprint density at radius 3 is 2.40 bits per heavy atom. The summed E-state index contributed by atoms with van der Waals surface area (Å²) in [6, 6.07) is 8.27. The summed E-state index contributed by atoms with van der Waals surface area (Å²) in [6.07, 6.45) is 0.774. The molecule has 0 aromatic heterocycles. The molecule has 2 N–H and O–H groups in total. The van der Waals surface area contributed by atoms with Gasteiger partial charge in [-0.3, -0.25) is 4.79 Å². The monoisotopic (exact) mass is 294 g/mol. The van der Waals surface area contributed by atoms with E-state index in [-0.39, 0.29) is 11.8 Å². The Balaban J connectivity index is 2.93. The van der Waals surface area contributed by atoms with Gasteiger partial charge in [0.2, 0.25) is 5.91 Å². The normalized spacial score (nSPS) is 15.9. The zero-order valence-electron chi connectivity index (χ0n) is 13.0. The van der Waals surface area contributed by atoms with Gasteiger partial charge in [-0.2, -0.15) is 0 Å².